The van der Waals surface area contributed by atoms with Crippen molar-refractivity contribution in [2.45, 2.75) is 19.6 Å². The van der Waals surface area contributed by atoms with Gasteiger partial charge in [0.2, 0.25) is 8.32 Å². The van der Waals surface area contributed by atoms with Gasteiger partial charge >= 0.3 is 23.1 Å². The molecule has 0 aliphatic heterocycles. The molecule has 0 aliphatic rings. The van der Waals surface area contributed by atoms with Gasteiger partial charge in [-0.15, -0.1) is 0 Å². The second-order valence-corrected chi connectivity index (χ2v) is 8.93. The van der Waals surface area contributed by atoms with Gasteiger partial charge in [-0.3, -0.25) is 0 Å². The second kappa shape index (κ2) is 5.39. The summed E-state index contributed by atoms with van der Waals surface area (Å²) in [5, 5.41) is 0. The fourth-order valence-corrected chi connectivity index (χ4v) is 2.21. The molecular weight excluding hydrogens is 256 g/mol. The van der Waals surface area contributed by atoms with E-state index in [0.717, 1.165) is 10.2 Å². The summed E-state index contributed by atoms with van der Waals surface area (Å²) in [4.78, 5) is 0. The molecule has 0 aromatic heterocycles. The van der Waals surface area contributed by atoms with Crippen molar-refractivity contribution in [2.24, 2.45) is 0 Å². The Morgan fingerprint density at radius 2 is 1.77 bits per heavy atom. The predicted molar refractivity (Wildman–Crippen MR) is 66.1 cm³/mol. The quantitative estimate of drug-likeness (QED) is 0.748. The molecule has 4 heteroatoms. The molecule has 0 fully saturated rings. The smallest absolute Gasteiger partial charge is 1.00 e. The molecule has 0 aliphatic carbocycles. The van der Waals surface area contributed by atoms with Gasteiger partial charge in [0.15, 0.2) is 0 Å². The van der Waals surface area contributed by atoms with Gasteiger partial charge < -0.3 is 7.28 Å². The molecule has 0 amide bonds. The molecular formula is C9H15BrMgOSi. The van der Waals surface area contributed by atoms with Crippen molar-refractivity contribution in [1.29, 1.82) is 0 Å². The molecule has 1 aromatic carbocycles. The third kappa shape index (κ3) is 5.05. The van der Waals surface area contributed by atoms with Gasteiger partial charge in [0.25, 0.3) is 0 Å². The van der Waals surface area contributed by atoms with Crippen LogP contribution in [0.15, 0.2) is 28.7 Å². The summed E-state index contributed by atoms with van der Waals surface area (Å²) in [6.45, 7) is 6.52. The van der Waals surface area contributed by atoms with Crippen molar-refractivity contribution in [3.8, 4) is 5.75 Å². The third-order valence-corrected chi connectivity index (χ3v) is 2.74. The molecule has 0 bridgehead atoms. The first-order chi connectivity index (χ1) is 5.49. The molecule has 0 unspecified atom stereocenters. The van der Waals surface area contributed by atoms with Crippen LogP contribution in [-0.2, 0) is 0 Å². The summed E-state index contributed by atoms with van der Waals surface area (Å²) in [6, 6.07) is 7.96. The van der Waals surface area contributed by atoms with Crippen LogP contribution in [0.3, 0.4) is 0 Å². The summed E-state index contributed by atoms with van der Waals surface area (Å²) in [5.41, 5.74) is 0. The van der Waals surface area contributed by atoms with Crippen LogP contribution >= 0.6 is 15.9 Å². The van der Waals surface area contributed by atoms with Crippen molar-refractivity contribution < 1.29 is 7.28 Å². The fraction of sp³-hybridized carbons (Fsp3) is 0.333. The van der Waals surface area contributed by atoms with Crippen LogP contribution < -0.4 is 4.43 Å². The maximum atomic E-state index is 5.82. The van der Waals surface area contributed by atoms with Gasteiger partial charge in [-0.1, -0.05) is 12.1 Å². The van der Waals surface area contributed by atoms with E-state index in [0.29, 0.717) is 0 Å². The molecule has 0 radical (unpaired) electrons. The van der Waals surface area contributed by atoms with Gasteiger partial charge in [0.05, 0.1) is 4.47 Å². The summed E-state index contributed by atoms with van der Waals surface area (Å²) < 4.78 is 6.86. The van der Waals surface area contributed by atoms with E-state index < -0.39 is 8.32 Å². The Morgan fingerprint density at radius 1 is 1.23 bits per heavy atom. The zero-order valence-electron chi connectivity index (χ0n) is 10.3. The first kappa shape index (κ1) is 13.5. The van der Waals surface area contributed by atoms with E-state index in [2.05, 4.69) is 35.6 Å². The average Bonchev–Trinajstić information content (AvgIpc) is 1.91. The summed E-state index contributed by atoms with van der Waals surface area (Å²) >= 11 is 3.45. The van der Waals surface area contributed by atoms with Crippen LogP contribution in [0.4, 0.5) is 0 Å². The Balaban J connectivity index is -0.000000480. The van der Waals surface area contributed by atoms with E-state index >= 15 is 0 Å². The molecule has 0 N–H and O–H groups in total. The van der Waals surface area contributed by atoms with Crippen molar-refractivity contribution in [3.63, 3.8) is 0 Å². The first-order valence-corrected chi connectivity index (χ1v) is 8.13. The van der Waals surface area contributed by atoms with Crippen LogP contribution in [0.2, 0.25) is 19.6 Å². The minimum absolute atomic E-state index is 0. The molecule has 1 nitrogen and oxygen atoms in total. The zero-order valence-corrected chi connectivity index (χ0v) is 12.3. The Labute approximate surface area is 108 Å². The number of benzene rings is 1. The molecule has 0 spiro atoms. The minimum Gasteiger partial charge on any atom is -1.00 e. The number of rotatable bonds is 2. The minimum atomic E-state index is -1.46. The van der Waals surface area contributed by atoms with Crippen molar-refractivity contribution >= 4 is 47.3 Å². The standard InChI is InChI=1S/C9H13BrOSi.Mg.2H/c1-12(2,3)11-9-7-5-4-6-8(9)10;;;/h4-7H,1-3H3;;;/q;+2;2*-1. The molecule has 70 valence electrons. The van der Waals surface area contributed by atoms with Gasteiger partial charge in [-0.2, -0.15) is 0 Å². The number of hydrogen-bond acceptors (Lipinski definition) is 1. The summed E-state index contributed by atoms with van der Waals surface area (Å²) in [7, 11) is -1.46. The topological polar surface area (TPSA) is 9.23 Å². The maximum absolute atomic E-state index is 5.82. The van der Waals surface area contributed by atoms with Crippen molar-refractivity contribution in [2.75, 3.05) is 0 Å². The average molecular weight is 272 g/mol. The van der Waals surface area contributed by atoms with E-state index in [-0.39, 0.29) is 25.9 Å². The van der Waals surface area contributed by atoms with E-state index in [1.807, 2.05) is 24.3 Å². The monoisotopic (exact) mass is 270 g/mol. The first-order valence-electron chi connectivity index (χ1n) is 3.92. The van der Waals surface area contributed by atoms with Crippen LogP contribution in [0.1, 0.15) is 2.85 Å². The van der Waals surface area contributed by atoms with E-state index in [4.69, 9.17) is 4.43 Å². The molecule has 0 heterocycles. The third-order valence-electron chi connectivity index (χ3n) is 1.25. The maximum Gasteiger partial charge on any atom is 2.00 e. The summed E-state index contributed by atoms with van der Waals surface area (Å²) in [5.74, 6) is 0.955. The summed E-state index contributed by atoms with van der Waals surface area (Å²) in [6.07, 6.45) is 0. The van der Waals surface area contributed by atoms with Crippen LogP contribution in [0.25, 0.3) is 0 Å². The van der Waals surface area contributed by atoms with Crippen LogP contribution in [-0.4, -0.2) is 31.4 Å². The van der Waals surface area contributed by atoms with E-state index in [1.165, 1.54) is 0 Å². The number of halogens is 1. The molecule has 0 atom stereocenters. The Kier molecular flexibility index (Phi) is 5.59. The molecule has 0 saturated heterocycles. The molecule has 1 rings (SSSR count). The van der Waals surface area contributed by atoms with E-state index in [1.54, 1.807) is 0 Å². The Morgan fingerprint density at radius 3 is 2.23 bits per heavy atom. The predicted octanol–water partition coefficient (Wildman–Crippen LogP) is 3.51. The number of hydrogen-bond donors (Lipinski definition) is 0. The van der Waals surface area contributed by atoms with Gasteiger partial charge in [-0.25, -0.2) is 0 Å². The van der Waals surface area contributed by atoms with Crippen molar-refractivity contribution in [3.05, 3.63) is 28.7 Å². The SMILES string of the molecule is C[Si](C)(C)Oc1ccccc1Br.[H-].[H-].[Mg+2]. The molecule has 0 saturated carbocycles. The molecule has 1 aromatic rings. The van der Waals surface area contributed by atoms with Gasteiger partial charge in [-0.05, 0) is 47.7 Å². The molecule has 13 heavy (non-hydrogen) atoms. The Bertz CT molecular complexity index is 281. The zero-order chi connectivity index (χ0) is 9.19. The number of para-hydroxylation sites is 1. The van der Waals surface area contributed by atoms with E-state index in [9.17, 15) is 0 Å². The van der Waals surface area contributed by atoms with Crippen LogP contribution in [0.5, 0.6) is 5.75 Å². The Hall–Kier alpha value is 0.483. The van der Waals surface area contributed by atoms with Gasteiger partial charge in [0, 0.05) is 0 Å². The van der Waals surface area contributed by atoms with Crippen molar-refractivity contribution in [1.82, 2.24) is 0 Å². The fourth-order valence-electron chi connectivity index (χ4n) is 0.857. The second-order valence-electron chi connectivity index (χ2n) is 3.64. The van der Waals surface area contributed by atoms with Gasteiger partial charge in [0.1, 0.15) is 5.75 Å². The normalized spacial score (nSPS) is 10.5. The largest absolute Gasteiger partial charge is 2.00 e. The van der Waals surface area contributed by atoms with Crippen LogP contribution in [0, 0.1) is 0 Å².